The van der Waals surface area contributed by atoms with Gasteiger partial charge in [-0.1, -0.05) is 0 Å². The van der Waals surface area contributed by atoms with Gasteiger partial charge < -0.3 is 14.8 Å². The van der Waals surface area contributed by atoms with Crippen LogP contribution < -0.4 is 5.32 Å². The summed E-state index contributed by atoms with van der Waals surface area (Å²) in [6.45, 7) is 4.47. The second-order valence-corrected chi connectivity index (χ2v) is 4.03. The van der Waals surface area contributed by atoms with Crippen LogP contribution in [-0.2, 0) is 7.05 Å². The van der Waals surface area contributed by atoms with E-state index in [4.69, 9.17) is 0 Å². The summed E-state index contributed by atoms with van der Waals surface area (Å²) in [6.07, 6.45) is 3.41. The fourth-order valence-electron chi connectivity index (χ4n) is 1.80. The van der Waals surface area contributed by atoms with Crippen LogP contribution in [0.3, 0.4) is 0 Å². The first kappa shape index (κ1) is 10.2. The number of nitrogens with one attached hydrogen (secondary N) is 1. The number of rotatable bonds is 1. The number of nitrogens with zero attached hydrogens (tertiary/aromatic N) is 3. The number of hydrogen-bond donors (Lipinski definition) is 1. The zero-order chi connectivity index (χ0) is 10.8. The van der Waals surface area contributed by atoms with Crippen molar-refractivity contribution >= 4 is 5.91 Å². The van der Waals surface area contributed by atoms with Crippen LogP contribution >= 0.6 is 0 Å². The summed E-state index contributed by atoms with van der Waals surface area (Å²) in [5.41, 5.74) is 0.534. The molecule has 1 aromatic heterocycles. The van der Waals surface area contributed by atoms with Crippen LogP contribution in [0, 0.1) is 0 Å². The van der Waals surface area contributed by atoms with Crippen molar-refractivity contribution in [3.05, 3.63) is 18.2 Å². The van der Waals surface area contributed by atoms with Crippen LogP contribution in [0.1, 0.15) is 17.4 Å². The number of hydrogen-bond acceptors (Lipinski definition) is 3. The maximum absolute atomic E-state index is 12.0. The van der Waals surface area contributed by atoms with E-state index in [0.717, 1.165) is 19.6 Å². The summed E-state index contributed by atoms with van der Waals surface area (Å²) in [7, 11) is 1.87. The fourth-order valence-corrected chi connectivity index (χ4v) is 1.80. The average molecular weight is 208 g/mol. The maximum atomic E-state index is 12.0. The van der Waals surface area contributed by atoms with Crippen molar-refractivity contribution in [3.8, 4) is 0 Å². The standard InChI is InChI=1S/C10H16N4O/c1-8-5-14(4-3-11-8)10(15)9-6-13(2)7-12-9/h6-8,11H,3-5H2,1-2H3. The number of aromatic nitrogens is 2. The monoisotopic (exact) mass is 208 g/mol. The van der Waals surface area contributed by atoms with Crippen LogP contribution in [0.25, 0.3) is 0 Å². The van der Waals surface area contributed by atoms with Crippen LogP contribution in [0.4, 0.5) is 0 Å². The molecule has 0 bridgehead atoms. The van der Waals surface area contributed by atoms with Crippen molar-refractivity contribution in [1.29, 1.82) is 0 Å². The van der Waals surface area contributed by atoms with Crippen LogP contribution in [0.5, 0.6) is 0 Å². The molecule has 2 heterocycles. The van der Waals surface area contributed by atoms with E-state index in [9.17, 15) is 4.79 Å². The highest BCUT2D eigenvalue weighted by atomic mass is 16.2. The summed E-state index contributed by atoms with van der Waals surface area (Å²) >= 11 is 0. The van der Waals surface area contributed by atoms with Gasteiger partial charge in [-0.15, -0.1) is 0 Å². The molecule has 0 aromatic carbocycles. The maximum Gasteiger partial charge on any atom is 0.274 e. The van der Waals surface area contributed by atoms with Crippen molar-refractivity contribution in [2.75, 3.05) is 19.6 Å². The van der Waals surface area contributed by atoms with Gasteiger partial charge in [-0.05, 0) is 6.92 Å². The molecule has 1 N–H and O–H groups in total. The zero-order valence-corrected chi connectivity index (χ0v) is 9.10. The van der Waals surface area contributed by atoms with E-state index in [1.54, 1.807) is 17.1 Å². The number of carbonyl (C=O) groups is 1. The lowest BCUT2D eigenvalue weighted by atomic mass is 10.2. The Morgan fingerprint density at radius 2 is 2.47 bits per heavy atom. The fraction of sp³-hybridized carbons (Fsp3) is 0.600. The molecule has 82 valence electrons. The molecule has 5 heteroatoms. The van der Waals surface area contributed by atoms with Gasteiger partial charge in [0.05, 0.1) is 6.33 Å². The number of carbonyl (C=O) groups excluding carboxylic acids is 1. The van der Waals surface area contributed by atoms with Crippen molar-refractivity contribution in [3.63, 3.8) is 0 Å². The molecule has 1 aromatic rings. The lowest BCUT2D eigenvalue weighted by molar-refractivity contribution is 0.0703. The molecule has 1 aliphatic rings. The quantitative estimate of drug-likeness (QED) is 0.698. The Bertz CT molecular complexity index is 360. The summed E-state index contributed by atoms with van der Waals surface area (Å²) < 4.78 is 1.79. The first-order chi connectivity index (χ1) is 7.16. The third-order valence-corrected chi connectivity index (χ3v) is 2.58. The molecule has 0 aliphatic carbocycles. The Labute approximate surface area is 89.1 Å². The highest BCUT2D eigenvalue weighted by Gasteiger charge is 2.22. The molecule has 1 amide bonds. The minimum absolute atomic E-state index is 0.0314. The van der Waals surface area contributed by atoms with E-state index in [2.05, 4.69) is 17.2 Å². The SMILES string of the molecule is CC1CN(C(=O)c2cn(C)cn2)CCN1. The highest BCUT2D eigenvalue weighted by molar-refractivity contribution is 5.92. The van der Waals surface area contributed by atoms with Gasteiger partial charge in [-0.2, -0.15) is 0 Å². The van der Waals surface area contributed by atoms with E-state index in [-0.39, 0.29) is 5.91 Å². The molecule has 2 rings (SSSR count). The lowest BCUT2D eigenvalue weighted by Gasteiger charge is -2.31. The van der Waals surface area contributed by atoms with Gasteiger partial charge in [-0.25, -0.2) is 4.98 Å². The third kappa shape index (κ3) is 2.18. The van der Waals surface area contributed by atoms with Gasteiger partial charge in [0.25, 0.3) is 5.91 Å². The van der Waals surface area contributed by atoms with Crippen molar-refractivity contribution in [1.82, 2.24) is 19.8 Å². The molecule has 0 spiro atoms. The van der Waals surface area contributed by atoms with Gasteiger partial charge in [-0.3, -0.25) is 4.79 Å². The Hall–Kier alpha value is -1.36. The molecule has 1 unspecified atom stereocenters. The van der Waals surface area contributed by atoms with Crippen molar-refractivity contribution < 1.29 is 4.79 Å². The summed E-state index contributed by atoms with van der Waals surface area (Å²) in [4.78, 5) is 17.9. The lowest BCUT2D eigenvalue weighted by Crippen LogP contribution is -2.51. The molecule has 1 aliphatic heterocycles. The Morgan fingerprint density at radius 1 is 1.67 bits per heavy atom. The molecule has 1 saturated heterocycles. The van der Waals surface area contributed by atoms with E-state index < -0.39 is 0 Å². The van der Waals surface area contributed by atoms with Gasteiger partial charge >= 0.3 is 0 Å². The number of amides is 1. The largest absolute Gasteiger partial charge is 0.340 e. The first-order valence-electron chi connectivity index (χ1n) is 5.17. The number of imidazole rings is 1. The highest BCUT2D eigenvalue weighted by Crippen LogP contribution is 2.05. The molecule has 1 fully saturated rings. The molecule has 15 heavy (non-hydrogen) atoms. The summed E-state index contributed by atoms with van der Waals surface area (Å²) in [5, 5.41) is 3.30. The second-order valence-electron chi connectivity index (χ2n) is 4.03. The topological polar surface area (TPSA) is 50.2 Å². The van der Waals surface area contributed by atoms with Gasteiger partial charge in [0.2, 0.25) is 0 Å². The minimum Gasteiger partial charge on any atom is -0.340 e. The molecular weight excluding hydrogens is 192 g/mol. The van der Waals surface area contributed by atoms with E-state index in [1.807, 2.05) is 11.9 Å². The minimum atomic E-state index is 0.0314. The average Bonchev–Trinajstić information content (AvgIpc) is 2.64. The van der Waals surface area contributed by atoms with E-state index in [0.29, 0.717) is 11.7 Å². The summed E-state index contributed by atoms with van der Waals surface area (Å²) in [5.74, 6) is 0.0314. The third-order valence-electron chi connectivity index (χ3n) is 2.58. The Morgan fingerprint density at radius 3 is 3.07 bits per heavy atom. The van der Waals surface area contributed by atoms with Gasteiger partial charge in [0.1, 0.15) is 5.69 Å². The predicted molar refractivity (Wildman–Crippen MR) is 56.6 cm³/mol. The first-order valence-corrected chi connectivity index (χ1v) is 5.17. The molecule has 5 nitrogen and oxygen atoms in total. The molecule has 0 radical (unpaired) electrons. The van der Waals surface area contributed by atoms with Gasteiger partial charge in [0, 0.05) is 38.9 Å². The smallest absolute Gasteiger partial charge is 0.274 e. The number of aryl methyl sites for hydroxylation is 1. The van der Waals surface area contributed by atoms with Crippen molar-refractivity contribution in [2.24, 2.45) is 7.05 Å². The predicted octanol–water partition coefficient (Wildman–Crippen LogP) is -0.146. The molecular formula is C10H16N4O. The van der Waals surface area contributed by atoms with Crippen LogP contribution in [0.15, 0.2) is 12.5 Å². The molecule has 0 saturated carbocycles. The van der Waals surface area contributed by atoms with E-state index >= 15 is 0 Å². The van der Waals surface area contributed by atoms with Crippen LogP contribution in [-0.4, -0.2) is 46.0 Å². The van der Waals surface area contributed by atoms with E-state index in [1.165, 1.54) is 0 Å². The second kappa shape index (κ2) is 4.02. The Balaban J connectivity index is 2.07. The number of piperazine rings is 1. The van der Waals surface area contributed by atoms with Crippen molar-refractivity contribution in [2.45, 2.75) is 13.0 Å². The molecule has 1 atom stereocenters. The van der Waals surface area contributed by atoms with Gasteiger partial charge in [0.15, 0.2) is 0 Å². The normalized spacial score (nSPS) is 21.7. The zero-order valence-electron chi connectivity index (χ0n) is 9.10. The summed E-state index contributed by atoms with van der Waals surface area (Å²) in [6, 6.07) is 0.367. The van der Waals surface area contributed by atoms with Crippen LogP contribution in [0.2, 0.25) is 0 Å². The Kier molecular flexibility index (Phi) is 2.73.